The Bertz CT molecular complexity index is 1330. The summed E-state index contributed by atoms with van der Waals surface area (Å²) in [7, 11) is 0. The first-order valence-corrected chi connectivity index (χ1v) is 11.7. The Kier molecular flexibility index (Phi) is 4.99. The van der Waals surface area contributed by atoms with Gasteiger partial charge < -0.3 is 14.6 Å². The van der Waals surface area contributed by atoms with Crippen molar-refractivity contribution in [3.63, 3.8) is 0 Å². The molecule has 33 heavy (non-hydrogen) atoms. The van der Waals surface area contributed by atoms with E-state index in [1.54, 1.807) is 6.33 Å². The zero-order chi connectivity index (χ0) is 22.4. The first-order valence-electron chi connectivity index (χ1n) is 11.7. The van der Waals surface area contributed by atoms with E-state index in [9.17, 15) is 0 Å². The zero-order valence-corrected chi connectivity index (χ0v) is 19.1. The average Bonchev–Trinajstić information content (AvgIpc) is 3.09. The number of H-pyrrole nitrogens is 1. The Morgan fingerprint density at radius 2 is 1.91 bits per heavy atom. The highest BCUT2D eigenvalue weighted by molar-refractivity contribution is 5.82. The van der Waals surface area contributed by atoms with Gasteiger partial charge in [-0.3, -0.25) is 4.90 Å². The fourth-order valence-corrected chi connectivity index (χ4v) is 5.01. The minimum atomic E-state index is 0.644. The smallest absolute Gasteiger partial charge is 0.135 e. The number of fused-ring (bicyclic) bond motifs is 3. The van der Waals surface area contributed by atoms with E-state index >= 15 is 0 Å². The molecule has 0 atom stereocenters. The van der Waals surface area contributed by atoms with Crippen LogP contribution in [0.4, 0.5) is 5.82 Å². The molecule has 7 heteroatoms. The second kappa shape index (κ2) is 8.15. The molecule has 1 N–H and O–H groups in total. The van der Waals surface area contributed by atoms with Crippen molar-refractivity contribution < 1.29 is 4.74 Å². The fraction of sp³-hybridized carbons (Fsp3) is 0.346. The van der Waals surface area contributed by atoms with E-state index in [1.807, 2.05) is 6.92 Å². The Balaban J connectivity index is 1.34. The van der Waals surface area contributed by atoms with E-state index in [2.05, 4.69) is 68.1 Å². The Morgan fingerprint density at radius 3 is 2.82 bits per heavy atom. The first-order chi connectivity index (χ1) is 16.2. The second-order valence-electron chi connectivity index (χ2n) is 8.89. The number of aryl methyl sites for hydroxylation is 1. The van der Waals surface area contributed by atoms with Crippen LogP contribution in [0.2, 0.25) is 0 Å². The number of hydrogen-bond donors (Lipinski definition) is 1. The highest BCUT2D eigenvalue weighted by atomic mass is 16.5. The van der Waals surface area contributed by atoms with Crippen LogP contribution in [0.25, 0.3) is 22.2 Å². The summed E-state index contributed by atoms with van der Waals surface area (Å²) in [5.74, 6) is 2.95. The lowest BCUT2D eigenvalue weighted by molar-refractivity contribution is 0.263. The van der Waals surface area contributed by atoms with Crippen LogP contribution in [0.15, 0.2) is 42.7 Å². The molecule has 0 radical (unpaired) electrons. The molecule has 0 unspecified atom stereocenters. The van der Waals surface area contributed by atoms with Crippen LogP contribution in [0, 0.1) is 6.92 Å². The minimum Gasteiger partial charge on any atom is -0.491 e. The van der Waals surface area contributed by atoms with Gasteiger partial charge in [0.25, 0.3) is 0 Å². The number of hydrogen-bond acceptors (Lipinski definition) is 6. The summed E-state index contributed by atoms with van der Waals surface area (Å²) < 4.78 is 6.13. The van der Waals surface area contributed by atoms with Gasteiger partial charge in [-0.2, -0.15) is 0 Å². The monoisotopic (exact) mass is 440 g/mol. The second-order valence-corrected chi connectivity index (χ2v) is 8.89. The summed E-state index contributed by atoms with van der Waals surface area (Å²) in [6.07, 6.45) is 2.71. The Hall–Kier alpha value is -3.45. The van der Waals surface area contributed by atoms with Crippen molar-refractivity contribution in [3.05, 3.63) is 65.4 Å². The summed E-state index contributed by atoms with van der Waals surface area (Å²) in [6, 6.07) is 12.9. The van der Waals surface area contributed by atoms with Gasteiger partial charge in [-0.25, -0.2) is 15.0 Å². The third-order valence-corrected chi connectivity index (χ3v) is 6.78. The van der Waals surface area contributed by atoms with Crippen molar-refractivity contribution in [2.24, 2.45) is 0 Å². The highest BCUT2D eigenvalue weighted by Crippen LogP contribution is 2.33. The number of benzene rings is 2. The van der Waals surface area contributed by atoms with Gasteiger partial charge in [-0.05, 0) is 55.3 Å². The van der Waals surface area contributed by atoms with E-state index in [4.69, 9.17) is 9.72 Å². The number of aromatic amines is 1. The van der Waals surface area contributed by atoms with Crippen LogP contribution in [0.3, 0.4) is 0 Å². The molecule has 0 bridgehead atoms. The number of likely N-dealkylation sites (N-methyl/N-ethyl adjacent to an activating group) is 1. The largest absolute Gasteiger partial charge is 0.491 e. The molecule has 168 valence electrons. The molecule has 0 spiro atoms. The molecule has 6 rings (SSSR count). The van der Waals surface area contributed by atoms with Crippen LogP contribution in [-0.2, 0) is 19.5 Å². The van der Waals surface area contributed by atoms with Gasteiger partial charge in [-0.1, -0.05) is 19.1 Å². The van der Waals surface area contributed by atoms with Crippen molar-refractivity contribution in [1.29, 1.82) is 0 Å². The lowest BCUT2D eigenvalue weighted by Crippen LogP contribution is -2.34. The van der Waals surface area contributed by atoms with Gasteiger partial charge in [0.2, 0.25) is 0 Å². The molecule has 2 aromatic carbocycles. The molecule has 2 aromatic heterocycles. The molecule has 2 aliphatic heterocycles. The summed E-state index contributed by atoms with van der Waals surface area (Å²) in [4.78, 5) is 22.0. The van der Waals surface area contributed by atoms with E-state index in [-0.39, 0.29) is 0 Å². The number of nitrogens with one attached hydrogen (secondary N) is 1. The number of imidazole rings is 1. The molecule has 0 fully saturated rings. The third kappa shape index (κ3) is 3.72. The number of anilines is 1. The Labute approximate surface area is 193 Å². The number of ether oxygens (including phenoxy) is 1. The quantitative estimate of drug-likeness (QED) is 0.517. The molecule has 0 saturated carbocycles. The van der Waals surface area contributed by atoms with Gasteiger partial charge >= 0.3 is 0 Å². The predicted molar refractivity (Wildman–Crippen MR) is 129 cm³/mol. The van der Waals surface area contributed by atoms with Crippen molar-refractivity contribution in [3.8, 4) is 16.9 Å². The van der Waals surface area contributed by atoms with Gasteiger partial charge in [0.15, 0.2) is 0 Å². The molecule has 7 nitrogen and oxygen atoms in total. The molecular formula is C26H28N6O. The maximum absolute atomic E-state index is 6.13. The van der Waals surface area contributed by atoms with Crippen molar-refractivity contribution in [2.45, 2.75) is 33.4 Å². The highest BCUT2D eigenvalue weighted by Gasteiger charge is 2.25. The van der Waals surface area contributed by atoms with Crippen molar-refractivity contribution in [2.75, 3.05) is 31.1 Å². The van der Waals surface area contributed by atoms with Gasteiger partial charge in [0, 0.05) is 30.8 Å². The van der Waals surface area contributed by atoms with Crippen LogP contribution in [-0.4, -0.2) is 51.1 Å². The summed E-state index contributed by atoms with van der Waals surface area (Å²) >= 11 is 0. The topological polar surface area (TPSA) is 70.2 Å². The predicted octanol–water partition coefficient (Wildman–Crippen LogP) is 4.11. The molecule has 4 aromatic rings. The number of aromatic nitrogens is 4. The average molecular weight is 441 g/mol. The van der Waals surface area contributed by atoms with Gasteiger partial charge in [0.1, 0.15) is 30.3 Å². The van der Waals surface area contributed by atoms with Gasteiger partial charge in [0.05, 0.1) is 23.3 Å². The molecular weight excluding hydrogens is 412 g/mol. The maximum Gasteiger partial charge on any atom is 0.135 e. The molecule has 0 saturated heterocycles. The summed E-state index contributed by atoms with van der Waals surface area (Å²) in [5, 5.41) is 0. The molecule has 0 aliphatic carbocycles. The minimum absolute atomic E-state index is 0.644. The van der Waals surface area contributed by atoms with Crippen molar-refractivity contribution in [1.82, 2.24) is 24.8 Å². The van der Waals surface area contributed by atoms with E-state index in [0.717, 1.165) is 73.3 Å². The normalized spacial score (nSPS) is 16.2. The van der Waals surface area contributed by atoms with Crippen LogP contribution in [0.1, 0.15) is 29.6 Å². The lowest BCUT2D eigenvalue weighted by Gasteiger charge is -2.30. The third-order valence-electron chi connectivity index (χ3n) is 6.78. The summed E-state index contributed by atoms with van der Waals surface area (Å²) in [6.45, 7) is 9.44. The van der Waals surface area contributed by atoms with Crippen LogP contribution >= 0.6 is 0 Å². The standard InChI is InChI=1S/C26H28N6O/c1-3-31-9-8-21-24(15-31)27-16-28-26(21)32-10-11-33-25-7-5-18(12-20(25)14-32)19-4-6-22-23(13-19)30-17(2)29-22/h4-7,12-13,16H,3,8-11,14-15H2,1-2H3,(H,29,30). The molecule has 4 heterocycles. The first kappa shape index (κ1) is 20.2. The van der Waals surface area contributed by atoms with Crippen molar-refractivity contribution >= 4 is 16.9 Å². The number of rotatable bonds is 3. The number of nitrogens with zero attached hydrogens (tertiary/aromatic N) is 5. The van der Waals surface area contributed by atoms with Crippen LogP contribution in [0.5, 0.6) is 5.75 Å². The zero-order valence-electron chi connectivity index (χ0n) is 19.1. The molecule has 2 aliphatic rings. The SMILES string of the molecule is CCN1CCc2c(ncnc2N2CCOc3ccc(-c4ccc5nc(C)[nH]c5c4)cc3C2)C1. The Morgan fingerprint density at radius 1 is 1.03 bits per heavy atom. The fourth-order valence-electron chi connectivity index (χ4n) is 5.01. The van der Waals surface area contributed by atoms with Crippen LogP contribution < -0.4 is 9.64 Å². The molecule has 0 amide bonds. The van der Waals surface area contributed by atoms with E-state index in [1.165, 1.54) is 22.3 Å². The summed E-state index contributed by atoms with van der Waals surface area (Å²) in [5.41, 5.74) is 8.05. The van der Waals surface area contributed by atoms with Gasteiger partial charge in [-0.15, -0.1) is 0 Å². The maximum atomic E-state index is 6.13. The van der Waals surface area contributed by atoms with E-state index < -0.39 is 0 Å². The lowest BCUT2D eigenvalue weighted by atomic mass is 10.0. The van der Waals surface area contributed by atoms with E-state index in [0.29, 0.717) is 6.61 Å².